The number of aryl methyl sites for hydroxylation is 1. The maximum Gasteiger partial charge on any atom is 0.224 e. The first-order valence-corrected chi connectivity index (χ1v) is 5.42. The van der Waals surface area contributed by atoms with Crippen LogP contribution in [-0.2, 0) is 4.79 Å². The van der Waals surface area contributed by atoms with Gasteiger partial charge in [-0.2, -0.15) is 4.98 Å². The number of nitrogens with one attached hydrogen (secondary N) is 2. The summed E-state index contributed by atoms with van der Waals surface area (Å²) in [5.41, 5.74) is 5.61. The molecule has 0 aliphatic heterocycles. The van der Waals surface area contributed by atoms with E-state index in [4.69, 9.17) is 5.73 Å². The Morgan fingerprint density at radius 2 is 2.12 bits per heavy atom. The standard InChI is InChI=1S/C11H19N5O/c1-7-5-9(15-10(13-4)14-7)16-11(2,3)6-8(12)17/h5H,6H2,1-4H3,(H2,12,17)(H2,13,14,15,16). The van der Waals surface area contributed by atoms with Gasteiger partial charge >= 0.3 is 0 Å². The van der Waals surface area contributed by atoms with E-state index in [1.807, 2.05) is 26.8 Å². The van der Waals surface area contributed by atoms with Crippen molar-refractivity contribution in [1.82, 2.24) is 9.97 Å². The van der Waals surface area contributed by atoms with Crippen LogP contribution in [0, 0.1) is 6.92 Å². The minimum absolute atomic E-state index is 0.241. The molecule has 0 bridgehead atoms. The molecule has 1 aromatic heterocycles. The van der Waals surface area contributed by atoms with E-state index in [-0.39, 0.29) is 12.3 Å². The zero-order valence-electron chi connectivity index (χ0n) is 10.7. The monoisotopic (exact) mass is 237 g/mol. The highest BCUT2D eigenvalue weighted by atomic mass is 16.1. The van der Waals surface area contributed by atoms with Crippen LogP contribution in [0.4, 0.5) is 11.8 Å². The van der Waals surface area contributed by atoms with Crippen molar-refractivity contribution in [1.29, 1.82) is 0 Å². The number of hydrogen-bond donors (Lipinski definition) is 3. The maximum atomic E-state index is 10.9. The molecule has 0 unspecified atom stereocenters. The first-order chi connectivity index (χ1) is 7.82. The first-order valence-electron chi connectivity index (χ1n) is 5.42. The molecule has 1 aromatic rings. The number of nitrogens with two attached hydrogens (primary N) is 1. The number of nitrogens with zero attached hydrogens (tertiary/aromatic N) is 2. The van der Waals surface area contributed by atoms with Crippen LogP contribution in [-0.4, -0.2) is 28.5 Å². The van der Waals surface area contributed by atoms with Crippen molar-refractivity contribution in [3.05, 3.63) is 11.8 Å². The Kier molecular flexibility index (Phi) is 3.88. The molecule has 0 atom stereocenters. The topological polar surface area (TPSA) is 92.9 Å². The number of primary amides is 1. The number of hydrogen-bond acceptors (Lipinski definition) is 5. The fourth-order valence-electron chi connectivity index (χ4n) is 1.57. The summed E-state index contributed by atoms with van der Waals surface area (Å²) in [5, 5.41) is 6.05. The van der Waals surface area contributed by atoms with Crippen LogP contribution >= 0.6 is 0 Å². The van der Waals surface area contributed by atoms with Gasteiger partial charge in [-0.25, -0.2) is 4.98 Å². The molecule has 0 aliphatic carbocycles. The molecule has 0 saturated heterocycles. The lowest BCUT2D eigenvalue weighted by Crippen LogP contribution is -2.36. The molecule has 0 fully saturated rings. The number of aromatic nitrogens is 2. The van der Waals surface area contributed by atoms with E-state index in [1.54, 1.807) is 7.05 Å². The zero-order chi connectivity index (χ0) is 13.1. The van der Waals surface area contributed by atoms with Crippen LogP contribution in [0.15, 0.2) is 6.07 Å². The van der Waals surface area contributed by atoms with Gasteiger partial charge in [0, 0.05) is 30.8 Å². The van der Waals surface area contributed by atoms with E-state index in [0.29, 0.717) is 11.8 Å². The molecule has 0 saturated carbocycles. The average molecular weight is 237 g/mol. The van der Waals surface area contributed by atoms with Gasteiger partial charge in [0.15, 0.2) is 0 Å². The molecule has 0 spiro atoms. The number of amides is 1. The third-order valence-electron chi connectivity index (χ3n) is 2.16. The number of carbonyl (C=O) groups is 1. The smallest absolute Gasteiger partial charge is 0.224 e. The molecule has 0 radical (unpaired) electrons. The van der Waals surface area contributed by atoms with Gasteiger partial charge in [0.2, 0.25) is 11.9 Å². The van der Waals surface area contributed by atoms with Gasteiger partial charge in [-0.3, -0.25) is 4.79 Å². The highest BCUT2D eigenvalue weighted by Crippen LogP contribution is 2.17. The predicted octanol–water partition coefficient (Wildman–Crippen LogP) is 0.893. The fourth-order valence-corrected chi connectivity index (χ4v) is 1.57. The minimum atomic E-state index is -0.433. The van der Waals surface area contributed by atoms with Crippen molar-refractivity contribution in [2.24, 2.45) is 5.73 Å². The predicted molar refractivity (Wildman–Crippen MR) is 67.8 cm³/mol. The van der Waals surface area contributed by atoms with Gasteiger partial charge in [0.05, 0.1) is 0 Å². The second-order valence-corrected chi connectivity index (χ2v) is 4.62. The van der Waals surface area contributed by atoms with Crippen molar-refractivity contribution in [2.75, 3.05) is 17.7 Å². The minimum Gasteiger partial charge on any atom is -0.370 e. The number of carbonyl (C=O) groups excluding carboxylic acids is 1. The summed E-state index contributed by atoms with van der Waals surface area (Å²) in [6, 6.07) is 1.82. The SMILES string of the molecule is CNc1nc(C)cc(NC(C)(C)CC(N)=O)n1. The van der Waals surface area contributed by atoms with E-state index in [1.165, 1.54) is 0 Å². The van der Waals surface area contributed by atoms with Gasteiger partial charge in [-0.05, 0) is 20.8 Å². The molecule has 17 heavy (non-hydrogen) atoms. The highest BCUT2D eigenvalue weighted by molar-refractivity contribution is 5.75. The molecule has 6 nitrogen and oxygen atoms in total. The van der Waals surface area contributed by atoms with Gasteiger partial charge < -0.3 is 16.4 Å². The van der Waals surface area contributed by atoms with Crippen molar-refractivity contribution >= 4 is 17.7 Å². The van der Waals surface area contributed by atoms with E-state index < -0.39 is 5.54 Å². The quantitative estimate of drug-likeness (QED) is 0.707. The van der Waals surface area contributed by atoms with Crippen molar-refractivity contribution < 1.29 is 4.79 Å². The Labute approximate surface area is 101 Å². The van der Waals surface area contributed by atoms with E-state index in [0.717, 1.165) is 5.69 Å². The van der Waals surface area contributed by atoms with Crippen molar-refractivity contribution in [2.45, 2.75) is 32.7 Å². The van der Waals surface area contributed by atoms with Gasteiger partial charge in [0.1, 0.15) is 5.82 Å². The highest BCUT2D eigenvalue weighted by Gasteiger charge is 2.21. The van der Waals surface area contributed by atoms with E-state index in [2.05, 4.69) is 20.6 Å². The molecule has 4 N–H and O–H groups in total. The molecule has 1 heterocycles. The number of rotatable bonds is 5. The Balaban J connectivity index is 2.87. The van der Waals surface area contributed by atoms with Crippen LogP contribution in [0.1, 0.15) is 26.0 Å². The Morgan fingerprint density at radius 1 is 1.47 bits per heavy atom. The van der Waals surface area contributed by atoms with Gasteiger partial charge in [-0.15, -0.1) is 0 Å². The normalized spacial score (nSPS) is 11.1. The maximum absolute atomic E-state index is 10.9. The molecular weight excluding hydrogens is 218 g/mol. The molecule has 0 aromatic carbocycles. The van der Waals surface area contributed by atoms with Crippen molar-refractivity contribution in [3.8, 4) is 0 Å². The summed E-state index contributed by atoms with van der Waals surface area (Å²) in [6.45, 7) is 5.68. The first kappa shape index (κ1) is 13.2. The van der Waals surface area contributed by atoms with Crippen molar-refractivity contribution in [3.63, 3.8) is 0 Å². The summed E-state index contributed by atoms with van der Waals surface area (Å²) in [4.78, 5) is 19.4. The average Bonchev–Trinajstić information content (AvgIpc) is 2.13. The van der Waals surface area contributed by atoms with Crippen LogP contribution in [0.3, 0.4) is 0 Å². The van der Waals surface area contributed by atoms with Crippen LogP contribution in [0.2, 0.25) is 0 Å². The summed E-state index contributed by atoms with van der Waals surface area (Å²) in [6.07, 6.45) is 0.241. The summed E-state index contributed by atoms with van der Waals surface area (Å²) >= 11 is 0. The molecule has 1 amide bonds. The third-order valence-corrected chi connectivity index (χ3v) is 2.16. The second kappa shape index (κ2) is 4.99. The second-order valence-electron chi connectivity index (χ2n) is 4.62. The largest absolute Gasteiger partial charge is 0.370 e. The lowest BCUT2D eigenvalue weighted by molar-refractivity contribution is -0.118. The molecular formula is C11H19N5O. The third kappa shape index (κ3) is 4.26. The Bertz CT molecular complexity index is 416. The lowest BCUT2D eigenvalue weighted by Gasteiger charge is -2.25. The Morgan fingerprint density at radius 3 is 2.65 bits per heavy atom. The number of anilines is 2. The molecule has 1 rings (SSSR count). The van der Waals surface area contributed by atoms with Crippen LogP contribution in [0.5, 0.6) is 0 Å². The molecule has 94 valence electrons. The summed E-state index contributed by atoms with van der Waals surface area (Å²) in [5.74, 6) is 0.873. The Hall–Kier alpha value is -1.85. The zero-order valence-corrected chi connectivity index (χ0v) is 10.7. The van der Waals surface area contributed by atoms with E-state index >= 15 is 0 Å². The van der Waals surface area contributed by atoms with E-state index in [9.17, 15) is 4.79 Å². The van der Waals surface area contributed by atoms with Crippen LogP contribution in [0.25, 0.3) is 0 Å². The van der Waals surface area contributed by atoms with Gasteiger partial charge in [-0.1, -0.05) is 0 Å². The van der Waals surface area contributed by atoms with Crippen LogP contribution < -0.4 is 16.4 Å². The lowest BCUT2D eigenvalue weighted by atomic mass is 10.0. The van der Waals surface area contributed by atoms with Gasteiger partial charge in [0.25, 0.3) is 0 Å². The summed E-state index contributed by atoms with van der Waals surface area (Å²) < 4.78 is 0. The summed E-state index contributed by atoms with van der Waals surface area (Å²) in [7, 11) is 1.76. The molecule has 0 aliphatic rings. The molecule has 6 heteroatoms. The fraction of sp³-hybridized carbons (Fsp3) is 0.545.